The molecule has 0 bridgehead atoms. The number of nitrogens with zero attached hydrogens (tertiary/aromatic N) is 1. The number of hydrogen-bond acceptors (Lipinski definition) is 5. The van der Waals surface area contributed by atoms with Crippen molar-refractivity contribution >= 4 is 30.0 Å². The summed E-state index contributed by atoms with van der Waals surface area (Å²) in [6, 6.07) is 7.24. The maximum Gasteiger partial charge on any atom is 0.325 e. The lowest BCUT2D eigenvalue weighted by Crippen LogP contribution is -2.54. The molecule has 0 aromatic heterocycles. The Hall–Kier alpha value is -0.850. The molecule has 1 aliphatic rings. The molecule has 22 heavy (non-hydrogen) atoms. The van der Waals surface area contributed by atoms with E-state index in [4.69, 9.17) is 26.8 Å². The summed E-state index contributed by atoms with van der Waals surface area (Å²) in [5, 5.41) is 0.714. The average Bonchev–Trinajstić information content (AvgIpc) is 2.49. The van der Waals surface area contributed by atoms with Gasteiger partial charge < -0.3 is 15.2 Å². The van der Waals surface area contributed by atoms with Crippen molar-refractivity contribution in [3.05, 3.63) is 34.9 Å². The first-order chi connectivity index (χ1) is 10.1. The van der Waals surface area contributed by atoms with Crippen LogP contribution in [-0.4, -0.2) is 56.4 Å². The number of esters is 1. The minimum Gasteiger partial charge on any atom is -0.468 e. The smallest absolute Gasteiger partial charge is 0.325 e. The second-order valence-electron chi connectivity index (χ2n) is 5.20. The van der Waals surface area contributed by atoms with Gasteiger partial charge in [-0.25, -0.2) is 0 Å². The third-order valence-electron chi connectivity index (χ3n) is 3.59. The molecule has 0 amide bonds. The Morgan fingerprint density at radius 2 is 2.18 bits per heavy atom. The first-order valence-corrected chi connectivity index (χ1v) is 7.37. The summed E-state index contributed by atoms with van der Waals surface area (Å²) >= 11 is 5.87. The van der Waals surface area contributed by atoms with Crippen molar-refractivity contribution in [1.29, 1.82) is 0 Å². The van der Waals surface area contributed by atoms with E-state index in [9.17, 15) is 4.79 Å². The summed E-state index contributed by atoms with van der Waals surface area (Å²) in [6.07, 6.45) is 0.739. The van der Waals surface area contributed by atoms with Gasteiger partial charge in [-0.3, -0.25) is 9.69 Å². The van der Waals surface area contributed by atoms with E-state index in [0.717, 1.165) is 12.0 Å². The highest BCUT2D eigenvalue weighted by molar-refractivity contribution is 6.30. The lowest BCUT2D eigenvalue weighted by molar-refractivity contribution is -0.153. The van der Waals surface area contributed by atoms with Crippen LogP contribution in [0.3, 0.4) is 0 Å². The van der Waals surface area contributed by atoms with Crippen molar-refractivity contribution < 1.29 is 14.3 Å². The predicted octanol–water partition coefficient (Wildman–Crippen LogP) is 1.51. The molecule has 1 aliphatic heterocycles. The maximum atomic E-state index is 11.8. The highest BCUT2D eigenvalue weighted by Crippen LogP contribution is 2.13. The molecule has 1 aromatic rings. The molecule has 1 unspecified atom stereocenters. The number of nitrogens with two attached hydrogens (primary N) is 1. The van der Waals surface area contributed by atoms with Crippen molar-refractivity contribution in [3.63, 3.8) is 0 Å². The lowest BCUT2D eigenvalue weighted by Gasteiger charge is -2.35. The highest BCUT2D eigenvalue weighted by atomic mass is 35.5. The summed E-state index contributed by atoms with van der Waals surface area (Å²) in [5.41, 5.74) is 7.34. The third-order valence-corrected chi connectivity index (χ3v) is 3.84. The van der Waals surface area contributed by atoms with Crippen LogP contribution in [0, 0.1) is 0 Å². The molecule has 2 rings (SSSR count). The molecule has 1 fully saturated rings. The number of halogens is 2. The van der Waals surface area contributed by atoms with Crippen LogP contribution in [0.2, 0.25) is 5.02 Å². The van der Waals surface area contributed by atoms with E-state index in [2.05, 4.69) is 0 Å². The summed E-state index contributed by atoms with van der Waals surface area (Å²) in [4.78, 5) is 13.8. The monoisotopic (exact) mass is 348 g/mol. The van der Waals surface area contributed by atoms with Crippen molar-refractivity contribution in [2.45, 2.75) is 18.5 Å². The van der Waals surface area contributed by atoms with Gasteiger partial charge in [-0.15, -0.1) is 12.4 Å². The highest BCUT2D eigenvalue weighted by Gasteiger charge is 2.31. The van der Waals surface area contributed by atoms with Gasteiger partial charge in [0.2, 0.25) is 0 Å². The van der Waals surface area contributed by atoms with E-state index in [0.29, 0.717) is 31.3 Å². The molecular weight excluding hydrogens is 327 g/mol. The number of morpholine rings is 1. The van der Waals surface area contributed by atoms with Gasteiger partial charge in [0, 0.05) is 24.2 Å². The Morgan fingerprint density at radius 1 is 1.50 bits per heavy atom. The van der Waals surface area contributed by atoms with Crippen LogP contribution < -0.4 is 5.73 Å². The molecule has 0 spiro atoms. The van der Waals surface area contributed by atoms with Gasteiger partial charge in [-0.1, -0.05) is 23.7 Å². The van der Waals surface area contributed by atoms with Crippen molar-refractivity contribution in [1.82, 2.24) is 4.90 Å². The number of hydrogen-bond donors (Lipinski definition) is 1. The van der Waals surface area contributed by atoms with Gasteiger partial charge in [0.25, 0.3) is 0 Å². The SMILES string of the molecule is COC(=O)[C@@H]1COCCN1CC(N)Cc1ccc(Cl)cc1.Cl. The molecule has 1 heterocycles. The molecule has 0 saturated carbocycles. The number of ether oxygens (including phenoxy) is 2. The predicted molar refractivity (Wildman–Crippen MR) is 88.6 cm³/mol. The zero-order valence-electron chi connectivity index (χ0n) is 12.5. The van der Waals surface area contributed by atoms with E-state index < -0.39 is 0 Å². The van der Waals surface area contributed by atoms with Gasteiger partial charge in [0.15, 0.2) is 0 Å². The van der Waals surface area contributed by atoms with Crippen LogP contribution in [0.1, 0.15) is 5.56 Å². The fourth-order valence-corrected chi connectivity index (χ4v) is 2.62. The zero-order valence-corrected chi connectivity index (χ0v) is 14.1. The molecule has 0 aliphatic carbocycles. The average molecular weight is 349 g/mol. The summed E-state index contributed by atoms with van der Waals surface area (Å²) in [6.45, 7) is 2.29. The first kappa shape index (κ1) is 19.2. The quantitative estimate of drug-likeness (QED) is 0.817. The van der Waals surface area contributed by atoms with Gasteiger partial charge in [0.05, 0.1) is 20.3 Å². The van der Waals surface area contributed by atoms with Crippen LogP contribution >= 0.6 is 24.0 Å². The molecule has 124 valence electrons. The minimum absolute atomic E-state index is 0. The number of carbonyl (C=O) groups excluding carboxylic acids is 1. The fourth-order valence-electron chi connectivity index (χ4n) is 2.50. The summed E-state index contributed by atoms with van der Waals surface area (Å²) in [7, 11) is 1.39. The Kier molecular flexibility index (Phi) is 8.14. The van der Waals surface area contributed by atoms with Crippen LogP contribution in [-0.2, 0) is 20.7 Å². The van der Waals surface area contributed by atoms with Crippen LogP contribution in [0.15, 0.2) is 24.3 Å². The zero-order chi connectivity index (χ0) is 15.2. The normalized spacial score (nSPS) is 20.0. The molecule has 2 N–H and O–H groups in total. The topological polar surface area (TPSA) is 64.8 Å². The van der Waals surface area contributed by atoms with Crippen molar-refractivity contribution in [2.24, 2.45) is 5.73 Å². The first-order valence-electron chi connectivity index (χ1n) is 7.00. The van der Waals surface area contributed by atoms with E-state index in [1.807, 2.05) is 29.2 Å². The number of carbonyl (C=O) groups is 1. The van der Waals surface area contributed by atoms with Gasteiger partial charge in [-0.05, 0) is 24.1 Å². The van der Waals surface area contributed by atoms with Gasteiger partial charge in [0.1, 0.15) is 6.04 Å². The maximum absolute atomic E-state index is 11.8. The Labute approximate surface area is 142 Å². The molecular formula is C15H22Cl2N2O3. The van der Waals surface area contributed by atoms with E-state index in [1.54, 1.807) is 0 Å². The Balaban J connectivity index is 0.00000242. The minimum atomic E-state index is -0.361. The molecule has 0 radical (unpaired) electrons. The van der Waals surface area contributed by atoms with Crippen LogP contribution in [0.5, 0.6) is 0 Å². The van der Waals surface area contributed by atoms with Crippen molar-refractivity contribution in [3.8, 4) is 0 Å². The van der Waals surface area contributed by atoms with Gasteiger partial charge in [-0.2, -0.15) is 0 Å². The molecule has 5 nitrogen and oxygen atoms in total. The second kappa shape index (κ2) is 9.33. The van der Waals surface area contributed by atoms with E-state index in [-0.39, 0.29) is 30.5 Å². The fraction of sp³-hybridized carbons (Fsp3) is 0.533. The Morgan fingerprint density at radius 3 is 2.82 bits per heavy atom. The van der Waals surface area contributed by atoms with Gasteiger partial charge >= 0.3 is 5.97 Å². The molecule has 2 atom stereocenters. The largest absolute Gasteiger partial charge is 0.468 e. The summed E-state index contributed by atoms with van der Waals surface area (Å²) < 4.78 is 10.2. The standard InChI is InChI=1S/C15H21ClN2O3.ClH/c1-20-15(19)14-10-21-7-6-18(14)9-13(17)8-11-2-4-12(16)5-3-11;/h2-5,13-14H,6-10,17H2,1H3;1H/t13?,14-;/m0./s1. The molecule has 1 aromatic carbocycles. The van der Waals surface area contributed by atoms with E-state index >= 15 is 0 Å². The number of benzene rings is 1. The molecule has 7 heteroatoms. The number of rotatable bonds is 5. The lowest BCUT2D eigenvalue weighted by atomic mass is 10.1. The van der Waals surface area contributed by atoms with Crippen LogP contribution in [0.25, 0.3) is 0 Å². The second-order valence-corrected chi connectivity index (χ2v) is 5.64. The third kappa shape index (κ3) is 5.41. The van der Waals surface area contributed by atoms with E-state index in [1.165, 1.54) is 7.11 Å². The van der Waals surface area contributed by atoms with Crippen molar-refractivity contribution in [2.75, 3.05) is 33.4 Å². The summed E-state index contributed by atoms with van der Waals surface area (Å²) in [5.74, 6) is -0.270. The van der Waals surface area contributed by atoms with Crippen LogP contribution in [0.4, 0.5) is 0 Å². The number of methoxy groups -OCH3 is 1. The molecule has 1 saturated heterocycles. The Bertz CT molecular complexity index is 470.